The molecule has 1 spiro atoms. The highest BCUT2D eigenvalue weighted by atomic mass is 35.5. The van der Waals surface area contributed by atoms with E-state index in [1.165, 1.54) is 26.2 Å². The number of nitrogens with one attached hydrogen (secondary N) is 2. The van der Waals surface area contributed by atoms with Crippen molar-refractivity contribution >= 4 is 29.1 Å². The van der Waals surface area contributed by atoms with Crippen molar-refractivity contribution in [3.8, 4) is 28.3 Å². The number of benzene rings is 2. The number of aryl methyl sites for hydroxylation is 2. The molecule has 248 valence electrons. The van der Waals surface area contributed by atoms with Gasteiger partial charge in [-0.2, -0.15) is 5.10 Å². The van der Waals surface area contributed by atoms with Gasteiger partial charge in [-0.05, 0) is 55.5 Å². The molecule has 2 aliphatic heterocycles. The van der Waals surface area contributed by atoms with Gasteiger partial charge in [-0.25, -0.2) is 18.9 Å². The van der Waals surface area contributed by atoms with Crippen molar-refractivity contribution in [3.05, 3.63) is 90.5 Å². The first-order valence-corrected chi connectivity index (χ1v) is 16.0. The van der Waals surface area contributed by atoms with Gasteiger partial charge in [-0.3, -0.25) is 23.9 Å². The zero-order valence-corrected chi connectivity index (χ0v) is 27.6. The van der Waals surface area contributed by atoms with Gasteiger partial charge < -0.3 is 15.4 Å². The lowest BCUT2D eigenvalue weighted by molar-refractivity contribution is -0.121. The van der Waals surface area contributed by atoms with Crippen LogP contribution in [0.15, 0.2) is 46.0 Å². The first-order valence-electron chi connectivity index (χ1n) is 15.6. The molecule has 4 heterocycles. The first kappa shape index (κ1) is 31.7. The van der Waals surface area contributed by atoms with E-state index >= 15 is 4.39 Å². The summed E-state index contributed by atoms with van der Waals surface area (Å²) in [5, 5.41) is 9.87. The van der Waals surface area contributed by atoms with Crippen molar-refractivity contribution in [3.63, 3.8) is 0 Å². The Labute approximate surface area is 279 Å². The van der Waals surface area contributed by atoms with Gasteiger partial charge in [0.1, 0.15) is 5.82 Å². The predicted octanol–water partition coefficient (Wildman–Crippen LogP) is 3.52. The number of nitrogens with zero attached hydrogens (tertiary/aromatic N) is 5. The Morgan fingerprint density at radius 3 is 2.58 bits per heavy atom. The Morgan fingerprint density at radius 1 is 1.12 bits per heavy atom. The second-order valence-electron chi connectivity index (χ2n) is 12.7. The Kier molecular flexibility index (Phi) is 7.71. The molecule has 2 aromatic carbocycles. The lowest BCUT2D eigenvalue weighted by Crippen LogP contribution is -2.67. The standard InChI is InChI=1S/C34H33ClFN7O5/c1-17-22(37-30(45)29-32(46)41(2)33(47)42(3)40-29)10-9-21(36)26(17)20-7-5-6-19(28(20)35)23-14-18-8-11-24(27(18)31(38-23)48-4)43-15-34(16-43)13-12-25(44)39-34/h5-7,9-10,14,24H,8,11-13,15-16H2,1-4H3,(H,37,45)(H,39,44)/t24-/m0/s1. The third-order valence-electron chi connectivity index (χ3n) is 9.75. The molecule has 48 heavy (non-hydrogen) atoms. The molecule has 4 aromatic rings. The minimum Gasteiger partial charge on any atom is -0.481 e. The van der Waals surface area contributed by atoms with Crippen molar-refractivity contribution < 1.29 is 18.7 Å². The van der Waals surface area contributed by atoms with E-state index in [-0.39, 0.29) is 33.8 Å². The summed E-state index contributed by atoms with van der Waals surface area (Å²) in [6.45, 7) is 3.23. The number of carbonyl (C=O) groups excluding carboxylic acids is 2. The van der Waals surface area contributed by atoms with E-state index < -0.39 is 28.7 Å². The molecule has 14 heteroatoms. The number of pyridine rings is 1. The number of methoxy groups -OCH3 is 1. The van der Waals surface area contributed by atoms with Crippen LogP contribution in [0.5, 0.6) is 5.88 Å². The summed E-state index contributed by atoms with van der Waals surface area (Å²) < 4.78 is 23.0. The van der Waals surface area contributed by atoms with Crippen LogP contribution >= 0.6 is 11.6 Å². The number of anilines is 1. The van der Waals surface area contributed by atoms with Gasteiger partial charge in [0, 0.05) is 67.6 Å². The van der Waals surface area contributed by atoms with E-state index in [0.717, 1.165) is 52.7 Å². The number of hydrogen-bond acceptors (Lipinski definition) is 8. The van der Waals surface area contributed by atoms with Crippen LogP contribution in [-0.2, 0) is 25.3 Å². The molecule has 1 aliphatic carbocycles. The Morgan fingerprint density at radius 2 is 1.88 bits per heavy atom. The van der Waals surface area contributed by atoms with E-state index in [9.17, 15) is 19.2 Å². The predicted molar refractivity (Wildman–Crippen MR) is 177 cm³/mol. The fraction of sp³-hybridized carbons (Fsp3) is 0.353. The highest BCUT2D eigenvalue weighted by Crippen LogP contribution is 2.48. The molecule has 0 radical (unpaired) electrons. The van der Waals surface area contributed by atoms with Gasteiger partial charge in [-0.15, -0.1) is 0 Å². The Balaban J connectivity index is 1.21. The average molecular weight is 674 g/mol. The summed E-state index contributed by atoms with van der Waals surface area (Å²) in [5.41, 5.74) is 2.34. The van der Waals surface area contributed by atoms with Gasteiger partial charge >= 0.3 is 5.69 Å². The quantitative estimate of drug-likeness (QED) is 0.317. The van der Waals surface area contributed by atoms with Crippen LogP contribution in [0.2, 0.25) is 5.02 Å². The molecule has 0 bridgehead atoms. The number of hydrogen-bond donors (Lipinski definition) is 2. The Hall–Kier alpha value is -4.88. The normalized spacial score (nSPS) is 18.0. The first-order chi connectivity index (χ1) is 22.9. The van der Waals surface area contributed by atoms with Crippen LogP contribution in [0, 0.1) is 12.7 Å². The molecule has 1 atom stereocenters. The third-order valence-corrected chi connectivity index (χ3v) is 10.2. The maximum atomic E-state index is 15.6. The molecule has 2 saturated heterocycles. The van der Waals surface area contributed by atoms with Gasteiger partial charge in [-0.1, -0.05) is 29.8 Å². The van der Waals surface area contributed by atoms with Crippen molar-refractivity contribution in [1.29, 1.82) is 0 Å². The third kappa shape index (κ3) is 5.08. The molecule has 2 amide bonds. The van der Waals surface area contributed by atoms with E-state index in [1.807, 2.05) is 12.1 Å². The molecule has 7 rings (SSSR count). The van der Waals surface area contributed by atoms with Crippen LogP contribution in [-0.4, -0.2) is 61.8 Å². The minimum absolute atomic E-state index is 0.113. The number of carbonyl (C=O) groups is 2. The van der Waals surface area contributed by atoms with E-state index in [0.29, 0.717) is 34.7 Å². The largest absolute Gasteiger partial charge is 0.481 e. The number of fused-ring (bicyclic) bond motifs is 1. The summed E-state index contributed by atoms with van der Waals surface area (Å²) in [5.74, 6) is -0.788. The average Bonchev–Trinajstić information content (AvgIpc) is 3.66. The number of rotatable bonds is 6. The van der Waals surface area contributed by atoms with Crippen molar-refractivity contribution in [1.82, 2.24) is 29.5 Å². The maximum absolute atomic E-state index is 15.6. The molecule has 2 fully saturated rings. The lowest BCUT2D eigenvalue weighted by Gasteiger charge is -2.50. The van der Waals surface area contributed by atoms with Crippen molar-refractivity contribution in [2.45, 2.75) is 44.2 Å². The molecule has 2 N–H and O–H groups in total. The number of halogens is 2. The van der Waals surface area contributed by atoms with Crippen molar-refractivity contribution in [2.24, 2.45) is 14.1 Å². The summed E-state index contributed by atoms with van der Waals surface area (Å²) >= 11 is 7.02. The molecule has 0 unspecified atom stereocenters. The highest BCUT2D eigenvalue weighted by Gasteiger charge is 2.51. The summed E-state index contributed by atoms with van der Waals surface area (Å²) in [7, 11) is 4.17. The van der Waals surface area contributed by atoms with Crippen LogP contribution in [0.3, 0.4) is 0 Å². The number of likely N-dealkylation sites (tertiary alicyclic amines) is 1. The van der Waals surface area contributed by atoms with Gasteiger partial charge in [0.05, 0.1) is 23.4 Å². The molecule has 2 aromatic heterocycles. The number of aromatic nitrogens is 4. The maximum Gasteiger partial charge on any atom is 0.346 e. The molecule has 0 saturated carbocycles. The Bertz CT molecular complexity index is 2160. The number of amides is 2. The fourth-order valence-corrected chi connectivity index (χ4v) is 7.61. The van der Waals surface area contributed by atoms with E-state index in [1.54, 1.807) is 26.2 Å². The van der Waals surface area contributed by atoms with E-state index in [4.69, 9.17) is 21.3 Å². The molecular formula is C34H33ClFN7O5. The highest BCUT2D eigenvalue weighted by molar-refractivity contribution is 6.36. The SMILES string of the molecule is COc1nc(-c2cccc(-c3c(F)ccc(NC(=O)c4nn(C)c(=O)n(C)c4=O)c3C)c2Cl)cc2c1[C@@H](N1CC3(CCC(=O)N3)C1)CC2. The van der Waals surface area contributed by atoms with Gasteiger partial charge in [0.15, 0.2) is 0 Å². The minimum atomic E-state index is -0.856. The monoisotopic (exact) mass is 673 g/mol. The van der Waals surface area contributed by atoms with Crippen LogP contribution in [0.4, 0.5) is 10.1 Å². The smallest absolute Gasteiger partial charge is 0.346 e. The second-order valence-corrected chi connectivity index (χ2v) is 13.1. The van der Waals surface area contributed by atoms with Gasteiger partial charge in [0.2, 0.25) is 17.5 Å². The topological polar surface area (TPSA) is 140 Å². The van der Waals surface area contributed by atoms with Crippen LogP contribution in [0.1, 0.15) is 52.5 Å². The summed E-state index contributed by atoms with van der Waals surface area (Å²) in [4.78, 5) is 56.8. The molecule has 12 nitrogen and oxygen atoms in total. The second kappa shape index (κ2) is 11.7. The van der Waals surface area contributed by atoms with Crippen molar-refractivity contribution in [2.75, 3.05) is 25.5 Å². The fourth-order valence-electron chi connectivity index (χ4n) is 7.29. The number of ether oxygens (including phenoxy) is 1. The van der Waals surface area contributed by atoms with Crippen LogP contribution in [0.25, 0.3) is 22.4 Å². The molecule has 3 aliphatic rings. The lowest BCUT2D eigenvalue weighted by atomic mass is 9.86. The summed E-state index contributed by atoms with van der Waals surface area (Å²) in [6.07, 6.45) is 3.15. The van der Waals surface area contributed by atoms with E-state index in [2.05, 4.69) is 20.6 Å². The molecular weight excluding hydrogens is 641 g/mol. The zero-order valence-electron chi connectivity index (χ0n) is 26.8. The summed E-state index contributed by atoms with van der Waals surface area (Å²) in [6, 6.07) is 10.0. The zero-order chi connectivity index (χ0) is 34.1. The van der Waals surface area contributed by atoms with Crippen LogP contribution < -0.4 is 26.6 Å². The van der Waals surface area contributed by atoms with Gasteiger partial charge in [0.25, 0.3) is 11.5 Å².